The minimum atomic E-state index is -0.389. The molecule has 198 valence electrons. The Kier molecular flexibility index (Phi) is 4.90. The Bertz CT molecular complexity index is 2400. The van der Waals surface area contributed by atoms with Crippen LogP contribution in [-0.2, 0) is 0 Å². The van der Waals surface area contributed by atoms with Crippen LogP contribution < -0.4 is 5.32 Å². The van der Waals surface area contributed by atoms with E-state index in [4.69, 9.17) is 18.8 Å². The number of hydrogen-bond acceptors (Lipinski definition) is 5. The van der Waals surface area contributed by atoms with E-state index in [1.54, 1.807) is 0 Å². The molecule has 0 radical (unpaired) electrons. The van der Waals surface area contributed by atoms with Crippen molar-refractivity contribution in [1.82, 2.24) is 5.32 Å². The molecular formula is C37H23N3O2. The molecule has 9 rings (SSSR count). The van der Waals surface area contributed by atoms with Gasteiger partial charge in [0.15, 0.2) is 6.17 Å². The standard InChI is InChI=1S/C37H23N3O2/c1-2-9-22(10-3-1)35-38-36(40-37(39-35)29-13-8-16-32-33(29)28-12-5-7-15-31(28)41-32)24-18-19-25-23(21-24)17-20-27-26-11-4-6-14-30(26)42-34(25)27/h1-21,35H,(H,38,39,40). The van der Waals surface area contributed by atoms with Crippen molar-refractivity contribution in [1.29, 1.82) is 0 Å². The maximum Gasteiger partial charge on any atom is 0.169 e. The molecule has 8 aromatic rings. The molecule has 0 fully saturated rings. The van der Waals surface area contributed by atoms with E-state index in [0.29, 0.717) is 0 Å². The minimum Gasteiger partial charge on any atom is -0.456 e. The first-order valence-corrected chi connectivity index (χ1v) is 14.0. The van der Waals surface area contributed by atoms with Crippen molar-refractivity contribution in [3.8, 4) is 0 Å². The normalized spacial score (nSPS) is 15.4. The Hall–Kier alpha value is -5.68. The summed E-state index contributed by atoms with van der Waals surface area (Å²) in [7, 11) is 0. The SMILES string of the molecule is c1ccc(C2N=C(c3ccc4c(ccc5c6ccccc6oc45)c3)NC(c3cccc4oc5ccccc5c34)=N2)cc1. The first-order chi connectivity index (χ1) is 20.8. The molecule has 42 heavy (non-hydrogen) atoms. The third-order valence-electron chi connectivity index (χ3n) is 8.13. The van der Waals surface area contributed by atoms with Crippen molar-refractivity contribution >= 4 is 66.3 Å². The molecule has 0 aliphatic carbocycles. The van der Waals surface area contributed by atoms with Crippen LogP contribution in [0.4, 0.5) is 0 Å². The van der Waals surface area contributed by atoms with Crippen molar-refractivity contribution < 1.29 is 8.83 Å². The highest BCUT2D eigenvalue weighted by atomic mass is 16.3. The second kappa shape index (κ2) is 8.91. The number of para-hydroxylation sites is 2. The Labute approximate surface area is 240 Å². The molecule has 5 nitrogen and oxygen atoms in total. The van der Waals surface area contributed by atoms with Crippen LogP contribution >= 0.6 is 0 Å². The zero-order valence-electron chi connectivity index (χ0n) is 22.4. The molecule has 1 unspecified atom stereocenters. The van der Waals surface area contributed by atoms with Crippen LogP contribution in [0.1, 0.15) is 22.9 Å². The number of rotatable bonds is 3. The molecule has 3 heterocycles. The van der Waals surface area contributed by atoms with Crippen molar-refractivity contribution in [2.45, 2.75) is 6.17 Å². The highest BCUT2D eigenvalue weighted by Gasteiger charge is 2.23. The van der Waals surface area contributed by atoms with E-state index in [1.807, 2.05) is 66.7 Å². The van der Waals surface area contributed by atoms with E-state index in [0.717, 1.165) is 83.0 Å². The van der Waals surface area contributed by atoms with E-state index in [2.05, 4.69) is 66.0 Å². The van der Waals surface area contributed by atoms with Gasteiger partial charge in [0.2, 0.25) is 0 Å². The van der Waals surface area contributed by atoms with E-state index >= 15 is 0 Å². The molecule has 1 aliphatic heterocycles. The van der Waals surface area contributed by atoms with Gasteiger partial charge in [0.05, 0.1) is 0 Å². The van der Waals surface area contributed by atoms with Gasteiger partial charge in [-0.3, -0.25) is 0 Å². The topological polar surface area (TPSA) is 63.0 Å². The molecule has 1 N–H and O–H groups in total. The van der Waals surface area contributed by atoms with Gasteiger partial charge in [-0.05, 0) is 47.3 Å². The predicted octanol–water partition coefficient (Wildman–Crippen LogP) is 9.13. The van der Waals surface area contributed by atoms with E-state index in [-0.39, 0.29) is 6.17 Å². The number of fused-ring (bicyclic) bond motifs is 8. The third-order valence-corrected chi connectivity index (χ3v) is 8.13. The molecule has 0 bridgehead atoms. The molecule has 6 aromatic carbocycles. The molecule has 0 saturated heterocycles. The Morgan fingerprint density at radius 3 is 2.12 bits per heavy atom. The summed E-state index contributed by atoms with van der Waals surface area (Å²) >= 11 is 0. The summed E-state index contributed by atoms with van der Waals surface area (Å²) in [6, 6.07) is 43.4. The average molecular weight is 542 g/mol. The van der Waals surface area contributed by atoms with Crippen molar-refractivity contribution in [3.05, 3.63) is 144 Å². The molecular weight excluding hydrogens is 518 g/mol. The number of amidine groups is 2. The smallest absolute Gasteiger partial charge is 0.169 e. The monoisotopic (exact) mass is 541 g/mol. The lowest BCUT2D eigenvalue weighted by atomic mass is 10.0. The van der Waals surface area contributed by atoms with Crippen LogP contribution in [0.2, 0.25) is 0 Å². The molecule has 0 spiro atoms. The maximum absolute atomic E-state index is 6.30. The van der Waals surface area contributed by atoms with Gasteiger partial charge in [-0.25, -0.2) is 9.98 Å². The number of nitrogens with one attached hydrogen (secondary N) is 1. The number of furan rings is 2. The van der Waals surface area contributed by atoms with Crippen LogP contribution in [0.15, 0.2) is 146 Å². The summed E-state index contributed by atoms with van der Waals surface area (Å²) in [5.41, 5.74) is 6.49. The van der Waals surface area contributed by atoms with Crippen molar-refractivity contribution in [2.75, 3.05) is 0 Å². The summed E-state index contributed by atoms with van der Waals surface area (Å²) < 4.78 is 12.5. The molecule has 5 heteroatoms. The largest absolute Gasteiger partial charge is 0.456 e. The highest BCUT2D eigenvalue weighted by Crippen LogP contribution is 2.36. The number of aliphatic imine (C=N–C) groups is 2. The van der Waals surface area contributed by atoms with Crippen LogP contribution in [-0.4, -0.2) is 11.7 Å². The fraction of sp³-hybridized carbons (Fsp3) is 0.0270. The van der Waals surface area contributed by atoms with Gasteiger partial charge in [0.1, 0.15) is 34.0 Å². The molecule has 0 amide bonds. The maximum atomic E-state index is 6.30. The lowest BCUT2D eigenvalue weighted by Gasteiger charge is -2.23. The second-order valence-electron chi connectivity index (χ2n) is 10.6. The second-order valence-corrected chi connectivity index (χ2v) is 10.6. The van der Waals surface area contributed by atoms with Gasteiger partial charge in [0, 0.05) is 38.1 Å². The lowest BCUT2D eigenvalue weighted by Crippen LogP contribution is -2.36. The van der Waals surface area contributed by atoms with Gasteiger partial charge in [-0.15, -0.1) is 0 Å². The van der Waals surface area contributed by atoms with Crippen LogP contribution in [0, 0.1) is 0 Å². The predicted molar refractivity (Wildman–Crippen MR) is 170 cm³/mol. The summed E-state index contributed by atoms with van der Waals surface area (Å²) in [5.74, 6) is 1.53. The van der Waals surface area contributed by atoms with E-state index in [9.17, 15) is 0 Å². The first-order valence-electron chi connectivity index (χ1n) is 14.0. The minimum absolute atomic E-state index is 0.389. The summed E-state index contributed by atoms with van der Waals surface area (Å²) in [6.07, 6.45) is -0.389. The lowest BCUT2D eigenvalue weighted by molar-refractivity contribution is 0.669. The van der Waals surface area contributed by atoms with Crippen LogP contribution in [0.5, 0.6) is 0 Å². The number of hydrogen-bond donors (Lipinski definition) is 1. The molecule has 1 aliphatic rings. The van der Waals surface area contributed by atoms with Gasteiger partial charge >= 0.3 is 0 Å². The Morgan fingerprint density at radius 2 is 1.24 bits per heavy atom. The Morgan fingerprint density at radius 1 is 0.524 bits per heavy atom. The molecule has 1 atom stereocenters. The molecule has 0 saturated carbocycles. The summed E-state index contributed by atoms with van der Waals surface area (Å²) in [6.45, 7) is 0. The Balaban J connectivity index is 1.21. The van der Waals surface area contributed by atoms with E-state index in [1.165, 1.54) is 0 Å². The fourth-order valence-corrected chi connectivity index (χ4v) is 6.14. The average Bonchev–Trinajstić information content (AvgIpc) is 3.63. The van der Waals surface area contributed by atoms with Gasteiger partial charge in [0.25, 0.3) is 0 Å². The van der Waals surface area contributed by atoms with E-state index < -0.39 is 0 Å². The first kappa shape index (κ1) is 23.1. The van der Waals surface area contributed by atoms with Crippen molar-refractivity contribution in [2.24, 2.45) is 9.98 Å². The van der Waals surface area contributed by atoms with Crippen molar-refractivity contribution in [3.63, 3.8) is 0 Å². The number of benzene rings is 6. The fourth-order valence-electron chi connectivity index (χ4n) is 6.14. The third kappa shape index (κ3) is 3.50. The number of nitrogens with zero attached hydrogens (tertiary/aromatic N) is 2. The highest BCUT2D eigenvalue weighted by molar-refractivity contribution is 6.24. The van der Waals surface area contributed by atoms with Gasteiger partial charge in [-0.2, -0.15) is 0 Å². The molecule has 2 aromatic heterocycles. The zero-order valence-corrected chi connectivity index (χ0v) is 22.4. The van der Waals surface area contributed by atoms with Gasteiger partial charge in [-0.1, -0.05) is 91.0 Å². The van der Waals surface area contributed by atoms with Crippen LogP contribution in [0.25, 0.3) is 54.6 Å². The quantitative estimate of drug-likeness (QED) is 0.243. The summed E-state index contributed by atoms with van der Waals surface area (Å²) in [5, 5.41) is 10.1. The van der Waals surface area contributed by atoms with Gasteiger partial charge < -0.3 is 14.2 Å². The van der Waals surface area contributed by atoms with Crippen LogP contribution in [0.3, 0.4) is 0 Å². The summed E-state index contributed by atoms with van der Waals surface area (Å²) in [4.78, 5) is 10.2. The zero-order chi connectivity index (χ0) is 27.6.